The minimum atomic E-state index is -3.38. The van der Waals surface area contributed by atoms with E-state index in [1.54, 1.807) is 24.3 Å². The zero-order valence-electron chi connectivity index (χ0n) is 17.2. The van der Waals surface area contributed by atoms with Crippen molar-refractivity contribution in [3.05, 3.63) is 64.7 Å². The van der Waals surface area contributed by atoms with Crippen molar-refractivity contribution in [2.45, 2.75) is 5.75 Å². The molecule has 0 atom stereocenters. The fraction of sp³-hybridized carbons (Fsp3) is 0.409. The number of anilines is 1. The predicted octanol–water partition coefficient (Wildman–Crippen LogP) is 2.46. The van der Waals surface area contributed by atoms with Crippen molar-refractivity contribution in [2.75, 3.05) is 57.4 Å². The van der Waals surface area contributed by atoms with Crippen LogP contribution in [0.5, 0.6) is 0 Å². The summed E-state index contributed by atoms with van der Waals surface area (Å²) in [5.41, 5.74) is 2.31. The third-order valence-corrected chi connectivity index (χ3v) is 7.74. The Hall–Kier alpha value is -2.13. The molecule has 2 fully saturated rings. The van der Waals surface area contributed by atoms with Crippen molar-refractivity contribution in [3.63, 3.8) is 0 Å². The van der Waals surface area contributed by atoms with Gasteiger partial charge in [-0.15, -0.1) is 0 Å². The molecule has 0 bridgehead atoms. The molecular formula is C22H26ClN3O4S. The van der Waals surface area contributed by atoms with Crippen LogP contribution in [-0.2, 0) is 20.5 Å². The maximum Gasteiger partial charge on any atom is 0.253 e. The van der Waals surface area contributed by atoms with Gasteiger partial charge >= 0.3 is 0 Å². The van der Waals surface area contributed by atoms with Crippen molar-refractivity contribution in [2.24, 2.45) is 0 Å². The minimum Gasteiger partial charge on any atom is -0.379 e. The molecule has 9 heteroatoms. The number of rotatable bonds is 5. The number of carbonyl (C=O) groups is 1. The van der Waals surface area contributed by atoms with Crippen LogP contribution in [0.1, 0.15) is 15.9 Å². The lowest BCUT2D eigenvalue weighted by atomic mass is 10.1. The van der Waals surface area contributed by atoms with Gasteiger partial charge in [0.2, 0.25) is 10.0 Å². The Morgan fingerprint density at radius 1 is 0.935 bits per heavy atom. The molecule has 2 aliphatic rings. The lowest BCUT2D eigenvalue weighted by molar-refractivity contribution is 0.0729. The van der Waals surface area contributed by atoms with Crippen LogP contribution in [0, 0.1) is 0 Å². The summed E-state index contributed by atoms with van der Waals surface area (Å²) in [6.07, 6.45) is 0. The van der Waals surface area contributed by atoms with E-state index in [4.69, 9.17) is 16.3 Å². The maximum absolute atomic E-state index is 12.9. The highest BCUT2D eigenvalue weighted by Gasteiger charge is 2.25. The Bertz CT molecular complexity index is 1020. The number of piperazine rings is 1. The molecule has 4 rings (SSSR count). The van der Waals surface area contributed by atoms with Crippen LogP contribution in [0.4, 0.5) is 5.69 Å². The Kier molecular flexibility index (Phi) is 6.81. The Labute approximate surface area is 188 Å². The number of ether oxygens (including phenoxy) is 1. The molecule has 0 N–H and O–H groups in total. The van der Waals surface area contributed by atoms with Gasteiger partial charge in [0.1, 0.15) is 0 Å². The highest BCUT2D eigenvalue weighted by molar-refractivity contribution is 7.88. The largest absolute Gasteiger partial charge is 0.379 e. The predicted molar refractivity (Wildman–Crippen MR) is 121 cm³/mol. The third-order valence-electron chi connectivity index (χ3n) is 5.65. The first-order valence-electron chi connectivity index (χ1n) is 10.4. The first kappa shape index (κ1) is 22.1. The molecule has 0 radical (unpaired) electrons. The van der Waals surface area contributed by atoms with Crippen molar-refractivity contribution in [3.8, 4) is 0 Å². The molecule has 2 aromatic rings. The first-order chi connectivity index (χ1) is 14.9. The number of carbonyl (C=O) groups excluding carboxylic acids is 1. The highest BCUT2D eigenvalue weighted by Crippen LogP contribution is 2.21. The lowest BCUT2D eigenvalue weighted by Gasteiger charge is -2.36. The standard InChI is InChI=1S/C22H26ClN3O4S/c23-20-2-1-3-21(16-20)24-8-10-25(11-9-24)22(27)19-6-4-18(5-7-19)17-31(28,29)26-12-14-30-15-13-26/h1-7,16H,8-15,17H2. The van der Waals surface area contributed by atoms with Gasteiger partial charge in [-0.3, -0.25) is 4.79 Å². The van der Waals surface area contributed by atoms with E-state index in [1.807, 2.05) is 29.2 Å². The van der Waals surface area contributed by atoms with Gasteiger partial charge in [0.15, 0.2) is 0 Å². The number of nitrogens with zero attached hydrogens (tertiary/aromatic N) is 3. The Morgan fingerprint density at radius 2 is 1.61 bits per heavy atom. The number of hydrogen-bond acceptors (Lipinski definition) is 5. The van der Waals surface area contributed by atoms with E-state index >= 15 is 0 Å². The minimum absolute atomic E-state index is 0.0340. The summed E-state index contributed by atoms with van der Waals surface area (Å²) in [4.78, 5) is 16.9. The topological polar surface area (TPSA) is 70.2 Å². The van der Waals surface area contributed by atoms with Crippen molar-refractivity contribution >= 4 is 33.2 Å². The second-order valence-electron chi connectivity index (χ2n) is 7.72. The molecule has 2 aromatic carbocycles. The Balaban J connectivity index is 1.34. The van der Waals surface area contributed by atoms with Gasteiger partial charge in [0.25, 0.3) is 5.91 Å². The zero-order valence-corrected chi connectivity index (χ0v) is 18.8. The summed E-state index contributed by atoms with van der Waals surface area (Å²) in [7, 11) is -3.38. The smallest absolute Gasteiger partial charge is 0.253 e. The lowest BCUT2D eigenvalue weighted by Crippen LogP contribution is -2.48. The second-order valence-corrected chi connectivity index (χ2v) is 10.1. The van der Waals surface area contributed by atoms with Crippen LogP contribution >= 0.6 is 11.6 Å². The molecule has 1 amide bonds. The molecule has 0 aromatic heterocycles. The average Bonchev–Trinajstić information content (AvgIpc) is 2.80. The quantitative estimate of drug-likeness (QED) is 0.681. The van der Waals surface area contributed by atoms with Gasteiger partial charge in [-0.1, -0.05) is 29.8 Å². The molecule has 0 saturated carbocycles. The van der Waals surface area contributed by atoms with Crippen molar-refractivity contribution in [1.29, 1.82) is 0 Å². The maximum atomic E-state index is 12.9. The normalized spacial score (nSPS) is 18.2. The van der Waals surface area contributed by atoms with E-state index < -0.39 is 10.0 Å². The zero-order chi connectivity index (χ0) is 21.8. The van der Waals surface area contributed by atoms with Crippen LogP contribution in [0.25, 0.3) is 0 Å². The Morgan fingerprint density at radius 3 is 2.26 bits per heavy atom. The molecule has 2 heterocycles. The van der Waals surface area contributed by atoms with Gasteiger partial charge in [0, 0.05) is 55.5 Å². The number of hydrogen-bond donors (Lipinski definition) is 0. The number of sulfonamides is 1. The fourth-order valence-corrected chi connectivity index (χ4v) is 5.58. The number of morpholine rings is 1. The average molecular weight is 464 g/mol. The summed E-state index contributed by atoms with van der Waals surface area (Å²) in [6, 6.07) is 14.6. The summed E-state index contributed by atoms with van der Waals surface area (Å²) in [5, 5.41) is 0.701. The van der Waals surface area contributed by atoms with Crippen LogP contribution in [0.3, 0.4) is 0 Å². The summed E-state index contributed by atoms with van der Waals surface area (Å²) < 4.78 is 31.8. The number of halogens is 1. The first-order valence-corrected chi connectivity index (χ1v) is 12.4. The van der Waals surface area contributed by atoms with Gasteiger partial charge in [-0.2, -0.15) is 4.31 Å². The molecule has 2 aliphatic heterocycles. The van der Waals surface area contributed by atoms with Gasteiger partial charge < -0.3 is 14.5 Å². The number of amides is 1. The molecule has 0 aliphatic carbocycles. The van der Waals surface area contributed by atoms with Crippen molar-refractivity contribution < 1.29 is 17.9 Å². The van der Waals surface area contributed by atoms with Gasteiger partial charge in [-0.25, -0.2) is 8.42 Å². The molecule has 0 unspecified atom stereocenters. The van der Waals surface area contributed by atoms with Crippen LogP contribution in [0.2, 0.25) is 5.02 Å². The van der Waals surface area contributed by atoms with Crippen LogP contribution in [0.15, 0.2) is 48.5 Å². The molecule has 166 valence electrons. The SMILES string of the molecule is O=C(c1ccc(CS(=O)(=O)N2CCOCC2)cc1)N1CCN(c2cccc(Cl)c2)CC1. The summed E-state index contributed by atoms with van der Waals surface area (Å²) in [5.74, 6) is -0.104. The summed E-state index contributed by atoms with van der Waals surface area (Å²) >= 11 is 6.08. The van der Waals surface area contributed by atoms with Gasteiger partial charge in [0.05, 0.1) is 19.0 Å². The van der Waals surface area contributed by atoms with E-state index in [1.165, 1.54) is 4.31 Å². The third kappa shape index (κ3) is 5.38. The van der Waals surface area contributed by atoms with E-state index in [0.717, 1.165) is 18.8 Å². The summed E-state index contributed by atoms with van der Waals surface area (Å²) in [6.45, 7) is 4.36. The monoisotopic (exact) mass is 463 g/mol. The molecule has 0 spiro atoms. The van der Waals surface area contributed by atoms with E-state index in [-0.39, 0.29) is 11.7 Å². The number of benzene rings is 2. The van der Waals surface area contributed by atoms with Gasteiger partial charge in [-0.05, 0) is 35.9 Å². The van der Waals surface area contributed by atoms with E-state index in [2.05, 4.69) is 4.90 Å². The second kappa shape index (κ2) is 9.56. The fourth-order valence-electron chi connectivity index (χ4n) is 3.89. The molecule has 31 heavy (non-hydrogen) atoms. The molecular weight excluding hydrogens is 438 g/mol. The van der Waals surface area contributed by atoms with E-state index in [0.29, 0.717) is 55.5 Å². The molecule has 7 nitrogen and oxygen atoms in total. The van der Waals surface area contributed by atoms with Crippen LogP contribution in [-0.4, -0.2) is 76.0 Å². The van der Waals surface area contributed by atoms with Crippen LogP contribution < -0.4 is 4.90 Å². The molecule has 2 saturated heterocycles. The highest BCUT2D eigenvalue weighted by atomic mass is 35.5. The van der Waals surface area contributed by atoms with Crippen molar-refractivity contribution in [1.82, 2.24) is 9.21 Å². The van der Waals surface area contributed by atoms with E-state index in [9.17, 15) is 13.2 Å².